The van der Waals surface area contributed by atoms with Crippen LogP contribution >= 0.6 is 0 Å². The molecule has 9 heteroatoms. The molecule has 1 aliphatic heterocycles. The third-order valence-electron chi connectivity index (χ3n) is 5.22. The van der Waals surface area contributed by atoms with Crippen LogP contribution in [0, 0.1) is 0 Å². The molecule has 0 spiro atoms. The van der Waals surface area contributed by atoms with E-state index in [1.165, 1.54) is 20.6 Å². The monoisotopic (exact) mass is 438 g/mol. The number of benzene rings is 2. The van der Waals surface area contributed by atoms with Gasteiger partial charge < -0.3 is 4.90 Å². The quantitative estimate of drug-likeness (QED) is 0.603. The molecule has 0 atom stereocenters. The zero-order valence-corrected chi connectivity index (χ0v) is 17.6. The number of rotatable bonds is 5. The van der Waals surface area contributed by atoms with Crippen molar-refractivity contribution in [2.75, 3.05) is 26.2 Å². The molecular formula is C22H22N4O4S. The predicted molar refractivity (Wildman–Crippen MR) is 119 cm³/mol. The fraction of sp³-hybridized carbons (Fsp3) is 0.227. The Labute approximate surface area is 180 Å². The minimum absolute atomic E-state index is 0.128. The molecule has 0 saturated carbocycles. The largest absolute Gasteiger partial charge is 0.338 e. The summed E-state index contributed by atoms with van der Waals surface area (Å²) in [7, 11) is -3.57. The SMILES string of the molecule is O=C(Cn1cnc2ccccc2c1=O)N1CCN(S(=O)(=O)C=Cc2ccccc2)CC1. The van der Waals surface area contributed by atoms with Gasteiger partial charge in [0.15, 0.2) is 0 Å². The van der Waals surface area contributed by atoms with Crippen molar-refractivity contribution in [2.24, 2.45) is 0 Å². The molecule has 1 saturated heterocycles. The number of aromatic nitrogens is 2. The number of carbonyl (C=O) groups is 1. The summed E-state index contributed by atoms with van der Waals surface area (Å²) in [5.74, 6) is -0.240. The first-order chi connectivity index (χ1) is 14.9. The van der Waals surface area contributed by atoms with Gasteiger partial charge in [-0.3, -0.25) is 14.2 Å². The second-order valence-electron chi connectivity index (χ2n) is 7.23. The topological polar surface area (TPSA) is 92.6 Å². The Morgan fingerprint density at radius 2 is 1.65 bits per heavy atom. The smallest absolute Gasteiger partial charge is 0.261 e. The van der Waals surface area contributed by atoms with Gasteiger partial charge in [0.25, 0.3) is 5.56 Å². The highest BCUT2D eigenvalue weighted by Gasteiger charge is 2.27. The zero-order valence-electron chi connectivity index (χ0n) is 16.8. The Morgan fingerprint density at radius 3 is 2.39 bits per heavy atom. The van der Waals surface area contributed by atoms with Gasteiger partial charge in [-0.15, -0.1) is 0 Å². The zero-order chi connectivity index (χ0) is 21.8. The number of nitrogens with zero attached hydrogens (tertiary/aromatic N) is 4. The highest BCUT2D eigenvalue weighted by atomic mass is 32.2. The summed E-state index contributed by atoms with van der Waals surface area (Å²) in [6, 6.07) is 16.2. The van der Waals surface area contributed by atoms with E-state index in [0.717, 1.165) is 5.56 Å². The van der Waals surface area contributed by atoms with Crippen LogP contribution in [0.15, 0.2) is 71.1 Å². The van der Waals surface area contributed by atoms with Crippen LogP contribution in [0.1, 0.15) is 5.56 Å². The highest BCUT2D eigenvalue weighted by Crippen LogP contribution is 2.12. The first-order valence-corrected chi connectivity index (χ1v) is 11.4. The summed E-state index contributed by atoms with van der Waals surface area (Å²) >= 11 is 0. The first-order valence-electron chi connectivity index (χ1n) is 9.89. The molecule has 4 rings (SSSR count). The van der Waals surface area contributed by atoms with Gasteiger partial charge in [-0.25, -0.2) is 13.4 Å². The lowest BCUT2D eigenvalue weighted by Crippen LogP contribution is -2.51. The van der Waals surface area contributed by atoms with Crippen LogP contribution in [-0.2, 0) is 21.4 Å². The third-order valence-corrected chi connectivity index (χ3v) is 6.79. The molecule has 2 aromatic carbocycles. The second kappa shape index (κ2) is 8.83. The van der Waals surface area contributed by atoms with E-state index in [9.17, 15) is 18.0 Å². The van der Waals surface area contributed by atoms with Gasteiger partial charge in [0.1, 0.15) is 6.54 Å². The Balaban J connectivity index is 1.38. The van der Waals surface area contributed by atoms with Crippen LogP contribution < -0.4 is 5.56 Å². The minimum Gasteiger partial charge on any atom is -0.338 e. The first kappa shape index (κ1) is 21.0. The Hall–Kier alpha value is -3.30. The van der Waals surface area contributed by atoms with Crippen LogP contribution in [-0.4, -0.2) is 59.3 Å². The van der Waals surface area contributed by atoms with Gasteiger partial charge >= 0.3 is 0 Å². The van der Waals surface area contributed by atoms with Crippen LogP contribution in [0.3, 0.4) is 0 Å². The molecule has 1 fully saturated rings. The molecule has 0 aliphatic carbocycles. The number of para-hydroxylation sites is 1. The van der Waals surface area contributed by atoms with Crippen molar-refractivity contribution >= 4 is 32.9 Å². The number of piperazine rings is 1. The molecule has 0 radical (unpaired) electrons. The van der Waals surface area contributed by atoms with Gasteiger partial charge in [0.2, 0.25) is 15.9 Å². The average molecular weight is 439 g/mol. The van der Waals surface area contributed by atoms with E-state index in [2.05, 4.69) is 4.98 Å². The van der Waals surface area contributed by atoms with Crippen molar-refractivity contribution in [1.29, 1.82) is 0 Å². The van der Waals surface area contributed by atoms with Crippen molar-refractivity contribution in [3.63, 3.8) is 0 Å². The maximum Gasteiger partial charge on any atom is 0.261 e. The summed E-state index contributed by atoms with van der Waals surface area (Å²) < 4.78 is 27.8. The van der Waals surface area contributed by atoms with Crippen molar-refractivity contribution in [2.45, 2.75) is 6.54 Å². The summed E-state index contributed by atoms with van der Waals surface area (Å²) in [5, 5.41) is 1.65. The summed E-state index contributed by atoms with van der Waals surface area (Å²) in [6.45, 7) is 0.827. The van der Waals surface area contributed by atoms with Crippen LogP contribution in [0.4, 0.5) is 0 Å². The minimum atomic E-state index is -3.57. The molecule has 1 aliphatic rings. The van der Waals surface area contributed by atoms with Crippen LogP contribution in [0.5, 0.6) is 0 Å². The van der Waals surface area contributed by atoms with Gasteiger partial charge in [-0.1, -0.05) is 42.5 Å². The summed E-state index contributed by atoms with van der Waals surface area (Å²) in [4.78, 5) is 31.1. The number of hydrogen-bond donors (Lipinski definition) is 0. The molecule has 0 bridgehead atoms. The van der Waals surface area contributed by atoms with E-state index in [1.54, 1.807) is 35.2 Å². The molecular weight excluding hydrogens is 416 g/mol. The maximum atomic E-state index is 12.7. The number of hydrogen-bond acceptors (Lipinski definition) is 5. The average Bonchev–Trinajstić information content (AvgIpc) is 2.80. The molecule has 160 valence electrons. The van der Waals surface area contributed by atoms with E-state index in [-0.39, 0.29) is 44.2 Å². The maximum absolute atomic E-state index is 12.7. The summed E-state index contributed by atoms with van der Waals surface area (Å²) in [6.07, 6.45) is 2.93. The van der Waals surface area contributed by atoms with E-state index in [1.807, 2.05) is 30.3 Å². The van der Waals surface area contributed by atoms with Gasteiger partial charge in [0.05, 0.1) is 17.2 Å². The molecule has 1 amide bonds. The van der Waals surface area contributed by atoms with E-state index in [0.29, 0.717) is 10.9 Å². The number of amides is 1. The lowest BCUT2D eigenvalue weighted by Gasteiger charge is -2.33. The standard InChI is InChI=1S/C22H22N4O4S/c27-21(16-25-17-23-20-9-5-4-8-19(20)22(25)28)24-11-13-26(14-12-24)31(29,30)15-10-18-6-2-1-3-7-18/h1-10,15,17H,11-14,16H2. The van der Waals surface area contributed by atoms with E-state index >= 15 is 0 Å². The Morgan fingerprint density at radius 1 is 0.968 bits per heavy atom. The molecule has 31 heavy (non-hydrogen) atoms. The molecule has 2 heterocycles. The van der Waals surface area contributed by atoms with Crippen molar-refractivity contribution in [1.82, 2.24) is 18.8 Å². The Kier molecular flexibility index (Phi) is 5.97. The molecule has 0 unspecified atom stereocenters. The van der Waals surface area contributed by atoms with Crippen LogP contribution in [0.2, 0.25) is 0 Å². The molecule has 8 nitrogen and oxygen atoms in total. The fourth-order valence-electron chi connectivity index (χ4n) is 3.47. The Bertz CT molecular complexity index is 1280. The second-order valence-corrected chi connectivity index (χ2v) is 9.05. The lowest BCUT2D eigenvalue weighted by atomic mass is 10.2. The lowest BCUT2D eigenvalue weighted by molar-refractivity contribution is -0.133. The molecule has 0 N–H and O–H groups in total. The van der Waals surface area contributed by atoms with E-state index < -0.39 is 10.0 Å². The van der Waals surface area contributed by atoms with Crippen molar-refractivity contribution in [3.05, 3.63) is 82.2 Å². The fourth-order valence-corrected chi connectivity index (χ4v) is 4.64. The highest BCUT2D eigenvalue weighted by molar-refractivity contribution is 7.92. The number of sulfonamides is 1. The van der Waals surface area contributed by atoms with Crippen molar-refractivity contribution < 1.29 is 13.2 Å². The number of carbonyl (C=O) groups excluding carboxylic acids is 1. The third kappa shape index (κ3) is 4.73. The molecule has 3 aromatic rings. The predicted octanol–water partition coefficient (Wildman–Crippen LogP) is 1.54. The van der Waals surface area contributed by atoms with Crippen molar-refractivity contribution in [3.8, 4) is 0 Å². The van der Waals surface area contributed by atoms with Crippen LogP contribution in [0.25, 0.3) is 17.0 Å². The number of fused-ring (bicyclic) bond motifs is 1. The normalized spacial score (nSPS) is 15.5. The van der Waals surface area contributed by atoms with Gasteiger partial charge in [-0.2, -0.15) is 4.31 Å². The summed E-state index contributed by atoms with van der Waals surface area (Å²) in [5.41, 5.74) is 1.11. The van der Waals surface area contributed by atoms with E-state index in [4.69, 9.17) is 0 Å². The van der Waals surface area contributed by atoms with Gasteiger partial charge in [0, 0.05) is 31.6 Å². The van der Waals surface area contributed by atoms with Gasteiger partial charge in [-0.05, 0) is 23.8 Å². The molecule has 1 aromatic heterocycles.